The Morgan fingerprint density at radius 3 is 1.81 bits per heavy atom. The van der Waals surface area contributed by atoms with Crippen LogP contribution in [0.2, 0.25) is 0 Å². The van der Waals surface area contributed by atoms with E-state index < -0.39 is 6.16 Å². The molecule has 0 radical (unpaired) electrons. The molecule has 0 aliphatic carbocycles. The zero-order valence-corrected chi connectivity index (χ0v) is 32.6. The third-order valence-electron chi connectivity index (χ3n) is 10.0. The quantitative estimate of drug-likeness (QED) is 0.0522. The largest absolute Gasteiger partial charge is 0.508 e. The average Bonchev–Trinajstić information content (AvgIpc) is 3.08. The van der Waals surface area contributed by atoms with Gasteiger partial charge in [0.1, 0.15) is 6.61 Å². The second kappa shape index (κ2) is 34.1. The predicted molar refractivity (Wildman–Crippen MR) is 200 cm³/mol. The topological polar surface area (TPSA) is 88.5 Å². The Labute approximate surface area is 297 Å². The van der Waals surface area contributed by atoms with Gasteiger partial charge in [-0.2, -0.15) is 0 Å². The van der Waals surface area contributed by atoms with Crippen LogP contribution in [0.1, 0.15) is 164 Å². The van der Waals surface area contributed by atoms with Gasteiger partial charge in [-0.3, -0.25) is 9.69 Å². The molecular formula is C40H80N2O6. The lowest BCUT2D eigenvalue weighted by Gasteiger charge is -2.25. The number of likely N-dealkylation sites (N-methyl/N-ethyl adjacent to an activating group) is 1. The Kier molecular flexibility index (Phi) is 33.1. The summed E-state index contributed by atoms with van der Waals surface area (Å²) in [6.45, 7) is 19.7. The number of esters is 1. The van der Waals surface area contributed by atoms with Gasteiger partial charge >= 0.3 is 12.1 Å². The Morgan fingerprint density at radius 1 is 0.583 bits per heavy atom. The van der Waals surface area contributed by atoms with E-state index in [1.54, 1.807) is 0 Å². The summed E-state index contributed by atoms with van der Waals surface area (Å²) in [7, 11) is 0. The van der Waals surface area contributed by atoms with Crippen LogP contribution in [-0.2, 0) is 19.0 Å². The second-order valence-corrected chi connectivity index (χ2v) is 14.1. The summed E-state index contributed by atoms with van der Waals surface area (Å²) in [4.78, 5) is 29.2. The van der Waals surface area contributed by atoms with E-state index in [1.807, 2.05) is 0 Å². The fourth-order valence-electron chi connectivity index (χ4n) is 6.55. The van der Waals surface area contributed by atoms with Gasteiger partial charge in [0, 0.05) is 32.6 Å². The van der Waals surface area contributed by atoms with E-state index in [0.717, 1.165) is 64.7 Å². The lowest BCUT2D eigenvalue weighted by molar-refractivity contribution is -0.145. The lowest BCUT2D eigenvalue weighted by Crippen LogP contribution is -2.38. The van der Waals surface area contributed by atoms with Crippen molar-refractivity contribution in [3.63, 3.8) is 0 Å². The van der Waals surface area contributed by atoms with Gasteiger partial charge in [0.25, 0.3) is 0 Å². The Hall–Kier alpha value is -1.38. The molecule has 48 heavy (non-hydrogen) atoms. The number of unbranched alkanes of at least 4 members (excludes halogenated alkanes) is 8. The van der Waals surface area contributed by atoms with E-state index in [-0.39, 0.29) is 19.2 Å². The number of ether oxygens (including phenoxy) is 3. The molecular weight excluding hydrogens is 604 g/mol. The van der Waals surface area contributed by atoms with E-state index in [9.17, 15) is 14.7 Å². The minimum absolute atomic E-state index is 0.0237. The van der Waals surface area contributed by atoms with Gasteiger partial charge < -0.3 is 24.2 Å². The minimum atomic E-state index is -0.605. The molecule has 0 spiro atoms. The Morgan fingerprint density at radius 2 is 1.17 bits per heavy atom. The SMILES string of the molecule is CCCCCCC(CCCCC)COC(=O)CCCCC(CCCCOC(=O)OCCN(CCO)CCN(CC)CC)C(C)CCCC. The number of carbonyl (C=O) groups excluding carboxylic acids is 2. The molecule has 3 atom stereocenters. The smallest absolute Gasteiger partial charge is 0.465 e. The molecule has 0 fully saturated rings. The van der Waals surface area contributed by atoms with E-state index >= 15 is 0 Å². The van der Waals surface area contributed by atoms with E-state index in [1.165, 1.54) is 77.0 Å². The highest BCUT2D eigenvalue weighted by Crippen LogP contribution is 2.28. The number of nitrogens with zero attached hydrogens (tertiary/aromatic N) is 2. The van der Waals surface area contributed by atoms with Gasteiger partial charge in [-0.1, -0.05) is 125 Å². The highest BCUT2D eigenvalue weighted by molar-refractivity contribution is 5.69. The monoisotopic (exact) mass is 685 g/mol. The van der Waals surface area contributed by atoms with Crippen molar-refractivity contribution in [1.82, 2.24) is 9.80 Å². The van der Waals surface area contributed by atoms with Crippen molar-refractivity contribution in [2.75, 3.05) is 65.7 Å². The first-order valence-corrected chi connectivity index (χ1v) is 20.3. The van der Waals surface area contributed by atoms with Crippen molar-refractivity contribution < 1.29 is 28.9 Å². The average molecular weight is 685 g/mol. The van der Waals surface area contributed by atoms with Crippen LogP contribution in [0, 0.1) is 17.8 Å². The van der Waals surface area contributed by atoms with Gasteiger partial charge in [0.05, 0.1) is 19.8 Å². The summed E-state index contributed by atoms with van der Waals surface area (Å²) in [5, 5.41) is 9.38. The molecule has 1 N–H and O–H groups in total. The van der Waals surface area contributed by atoms with Crippen LogP contribution in [-0.4, -0.2) is 92.7 Å². The van der Waals surface area contributed by atoms with E-state index in [2.05, 4.69) is 51.3 Å². The first kappa shape index (κ1) is 46.6. The lowest BCUT2D eigenvalue weighted by atomic mass is 9.82. The molecule has 0 saturated carbocycles. The van der Waals surface area contributed by atoms with Crippen molar-refractivity contribution in [2.45, 2.75) is 164 Å². The first-order chi connectivity index (χ1) is 23.3. The summed E-state index contributed by atoms with van der Waals surface area (Å²) in [6, 6.07) is 0. The van der Waals surface area contributed by atoms with Crippen molar-refractivity contribution in [3.05, 3.63) is 0 Å². The number of rotatable bonds is 35. The molecule has 0 bridgehead atoms. The molecule has 0 amide bonds. The standard InChI is InChI=1S/C40H80N2O6/c1-7-12-15-17-24-37(23-16-13-8-2)35-48-39(44)27-19-18-25-38(36(6)22-14-9-3)26-20-21-33-46-40(45)47-34-31-42(30-32-43)29-28-41(10-4)11-5/h36-38,43H,7-35H2,1-6H3. The molecule has 0 aromatic rings. The summed E-state index contributed by atoms with van der Waals surface area (Å²) >= 11 is 0. The highest BCUT2D eigenvalue weighted by atomic mass is 16.7. The molecule has 286 valence electrons. The van der Waals surface area contributed by atoms with Crippen LogP contribution in [0.3, 0.4) is 0 Å². The normalized spacial score (nSPS) is 13.5. The number of hydrogen-bond donors (Lipinski definition) is 1. The molecule has 8 nitrogen and oxygen atoms in total. The highest BCUT2D eigenvalue weighted by Gasteiger charge is 2.18. The van der Waals surface area contributed by atoms with Gasteiger partial charge in [-0.05, 0) is 62.9 Å². The fraction of sp³-hybridized carbons (Fsp3) is 0.950. The van der Waals surface area contributed by atoms with Gasteiger partial charge in [-0.15, -0.1) is 0 Å². The molecule has 0 aromatic carbocycles. The second-order valence-electron chi connectivity index (χ2n) is 14.1. The maximum absolute atomic E-state index is 12.6. The zero-order valence-electron chi connectivity index (χ0n) is 32.6. The van der Waals surface area contributed by atoms with Crippen molar-refractivity contribution in [3.8, 4) is 0 Å². The number of hydrogen-bond acceptors (Lipinski definition) is 8. The van der Waals surface area contributed by atoms with Crippen LogP contribution in [0.5, 0.6) is 0 Å². The van der Waals surface area contributed by atoms with Gasteiger partial charge in [0.2, 0.25) is 0 Å². The molecule has 0 aliphatic heterocycles. The summed E-state index contributed by atoms with van der Waals surface area (Å²) < 4.78 is 16.5. The van der Waals surface area contributed by atoms with Gasteiger partial charge in [-0.25, -0.2) is 4.79 Å². The van der Waals surface area contributed by atoms with Crippen LogP contribution >= 0.6 is 0 Å². The third-order valence-corrected chi connectivity index (χ3v) is 10.0. The number of aliphatic hydroxyl groups is 1. The maximum Gasteiger partial charge on any atom is 0.508 e. The molecule has 0 aromatic heterocycles. The minimum Gasteiger partial charge on any atom is -0.465 e. The van der Waals surface area contributed by atoms with Crippen molar-refractivity contribution in [1.29, 1.82) is 0 Å². The predicted octanol–water partition coefficient (Wildman–Crippen LogP) is 9.66. The molecule has 3 unspecified atom stereocenters. The van der Waals surface area contributed by atoms with E-state index in [0.29, 0.717) is 50.5 Å². The Bertz CT molecular complexity index is 720. The molecule has 0 heterocycles. The van der Waals surface area contributed by atoms with Crippen LogP contribution in [0.25, 0.3) is 0 Å². The maximum atomic E-state index is 12.6. The number of carbonyl (C=O) groups is 2. The summed E-state index contributed by atoms with van der Waals surface area (Å²) in [6.07, 6.45) is 20.9. The van der Waals surface area contributed by atoms with Gasteiger partial charge in [0.15, 0.2) is 0 Å². The molecule has 8 heteroatoms. The summed E-state index contributed by atoms with van der Waals surface area (Å²) in [5.74, 6) is 1.77. The van der Waals surface area contributed by atoms with Crippen molar-refractivity contribution in [2.24, 2.45) is 17.8 Å². The molecule has 0 saturated heterocycles. The summed E-state index contributed by atoms with van der Waals surface area (Å²) in [5.41, 5.74) is 0. The number of aliphatic hydroxyl groups excluding tert-OH is 1. The van der Waals surface area contributed by atoms with Crippen LogP contribution in [0.4, 0.5) is 4.79 Å². The van der Waals surface area contributed by atoms with Crippen LogP contribution < -0.4 is 0 Å². The van der Waals surface area contributed by atoms with E-state index in [4.69, 9.17) is 14.2 Å². The Balaban J connectivity index is 4.42. The van der Waals surface area contributed by atoms with Crippen molar-refractivity contribution >= 4 is 12.1 Å². The molecule has 0 aliphatic rings. The van der Waals surface area contributed by atoms with Crippen LogP contribution in [0.15, 0.2) is 0 Å². The zero-order chi connectivity index (χ0) is 35.7. The molecule has 0 rings (SSSR count). The first-order valence-electron chi connectivity index (χ1n) is 20.3. The third kappa shape index (κ3) is 27.4. The fourth-order valence-corrected chi connectivity index (χ4v) is 6.55.